The molecule has 0 unspecified atom stereocenters. The molecule has 21 heavy (non-hydrogen) atoms. The average Bonchev–Trinajstić information content (AvgIpc) is 2.92. The van der Waals surface area contributed by atoms with E-state index in [0.717, 1.165) is 16.9 Å². The minimum atomic E-state index is -3.61. The Labute approximate surface area is 130 Å². The SMILES string of the molecule is O=S(=O)(NCc1ccc2c(c1)OCCO2)c1cnc(Cl)s1. The summed E-state index contributed by atoms with van der Waals surface area (Å²) in [5, 5.41) is 0. The lowest BCUT2D eigenvalue weighted by atomic mass is 10.2. The number of fused-ring (bicyclic) bond motifs is 1. The van der Waals surface area contributed by atoms with Gasteiger partial charge in [0.15, 0.2) is 20.2 Å². The summed E-state index contributed by atoms with van der Waals surface area (Å²) < 4.78 is 37.7. The van der Waals surface area contributed by atoms with Crippen LogP contribution in [0.1, 0.15) is 5.56 Å². The zero-order valence-electron chi connectivity index (χ0n) is 10.7. The Kier molecular flexibility index (Phi) is 4.03. The summed E-state index contributed by atoms with van der Waals surface area (Å²) in [5.41, 5.74) is 0.776. The van der Waals surface area contributed by atoms with Crippen molar-refractivity contribution in [2.24, 2.45) is 0 Å². The van der Waals surface area contributed by atoms with E-state index >= 15 is 0 Å². The molecule has 9 heteroatoms. The Bertz CT molecular complexity index is 760. The van der Waals surface area contributed by atoms with Crippen LogP contribution in [-0.4, -0.2) is 26.6 Å². The molecule has 1 aromatic heterocycles. The lowest BCUT2D eigenvalue weighted by Gasteiger charge is -2.18. The molecule has 0 radical (unpaired) electrons. The van der Waals surface area contributed by atoms with E-state index in [0.29, 0.717) is 24.7 Å². The lowest BCUT2D eigenvalue weighted by molar-refractivity contribution is 0.171. The second kappa shape index (κ2) is 5.80. The van der Waals surface area contributed by atoms with E-state index in [2.05, 4.69) is 9.71 Å². The molecule has 1 aromatic carbocycles. The summed E-state index contributed by atoms with van der Waals surface area (Å²) in [6.07, 6.45) is 1.24. The molecular weight excluding hydrogens is 336 g/mol. The predicted molar refractivity (Wildman–Crippen MR) is 78.6 cm³/mol. The van der Waals surface area contributed by atoms with Crippen molar-refractivity contribution in [3.63, 3.8) is 0 Å². The molecule has 2 heterocycles. The van der Waals surface area contributed by atoms with Gasteiger partial charge in [0.25, 0.3) is 10.0 Å². The topological polar surface area (TPSA) is 77.5 Å². The number of aromatic nitrogens is 1. The largest absolute Gasteiger partial charge is 0.486 e. The van der Waals surface area contributed by atoms with Gasteiger partial charge in [-0.05, 0) is 17.7 Å². The molecule has 0 spiro atoms. The molecule has 6 nitrogen and oxygen atoms in total. The summed E-state index contributed by atoms with van der Waals surface area (Å²) in [7, 11) is -3.61. The van der Waals surface area contributed by atoms with Gasteiger partial charge in [0.05, 0.1) is 6.20 Å². The molecule has 0 fully saturated rings. The molecule has 3 rings (SSSR count). The molecule has 1 N–H and O–H groups in total. The second-order valence-electron chi connectivity index (χ2n) is 4.23. The summed E-state index contributed by atoms with van der Waals surface area (Å²) >= 11 is 6.56. The summed E-state index contributed by atoms with van der Waals surface area (Å²) in [4.78, 5) is 3.72. The van der Waals surface area contributed by atoms with Crippen LogP contribution in [0.2, 0.25) is 4.47 Å². The van der Waals surface area contributed by atoms with E-state index in [1.165, 1.54) is 6.20 Å². The predicted octanol–water partition coefficient (Wildman–Crippen LogP) is 2.05. The molecule has 0 atom stereocenters. The third-order valence-corrected chi connectivity index (χ3v) is 5.77. The monoisotopic (exact) mass is 346 g/mol. The molecule has 0 saturated heterocycles. The van der Waals surface area contributed by atoms with Gasteiger partial charge in [0.1, 0.15) is 13.2 Å². The Morgan fingerprint density at radius 2 is 2.05 bits per heavy atom. The van der Waals surface area contributed by atoms with Crippen LogP contribution in [0.25, 0.3) is 0 Å². The van der Waals surface area contributed by atoms with Crippen LogP contribution in [0.3, 0.4) is 0 Å². The zero-order chi connectivity index (χ0) is 14.9. The van der Waals surface area contributed by atoms with Crippen molar-refractivity contribution in [2.75, 3.05) is 13.2 Å². The number of thiazole rings is 1. The fourth-order valence-electron chi connectivity index (χ4n) is 1.81. The molecule has 1 aliphatic rings. The lowest BCUT2D eigenvalue weighted by Crippen LogP contribution is -2.22. The van der Waals surface area contributed by atoms with Crippen LogP contribution >= 0.6 is 22.9 Å². The number of hydrogen-bond donors (Lipinski definition) is 1. The van der Waals surface area contributed by atoms with Gasteiger partial charge in [0.2, 0.25) is 0 Å². The highest BCUT2D eigenvalue weighted by molar-refractivity contribution is 7.91. The molecule has 0 bridgehead atoms. The van der Waals surface area contributed by atoms with E-state index in [1.807, 2.05) is 0 Å². The third kappa shape index (κ3) is 3.29. The smallest absolute Gasteiger partial charge is 0.252 e. The summed E-state index contributed by atoms with van der Waals surface area (Å²) in [6.45, 7) is 1.15. The highest BCUT2D eigenvalue weighted by Crippen LogP contribution is 2.31. The second-order valence-corrected chi connectivity index (χ2v) is 7.84. The molecule has 0 amide bonds. The molecule has 112 valence electrons. The Morgan fingerprint density at radius 1 is 1.29 bits per heavy atom. The van der Waals surface area contributed by atoms with Gasteiger partial charge in [-0.2, -0.15) is 0 Å². The third-order valence-electron chi connectivity index (χ3n) is 2.79. The molecule has 1 aliphatic heterocycles. The van der Waals surface area contributed by atoms with E-state index in [4.69, 9.17) is 21.1 Å². The Balaban J connectivity index is 1.73. The maximum Gasteiger partial charge on any atom is 0.252 e. The van der Waals surface area contributed by atoms with E-state index in [-0.39, 0.29) is 15.2 Å². The van der Waals surface area contributed by atoms with Gasteiger partial charge in [-0.25, -0.2) is 18.1 Å². The Morgan fingerprint density at radius 3 is 2.76 bits per heavy atom. The normalized spacial score (nSPS) is 14.1. The van der Waals surface area contributed by atoms with Crippen molar-refractivity contribution < 1.29 is 17.9 Å². The van der Waals surface area contributed by atoms with E-state index in [1.54, 1.807) is 18.2 Å². The van der Waals surface area contributed by atoms with Crippen molar-refractivity contribution in [3.8, 4) is 11.5 Å². The fourth-order valence-corrected chi connectivity index (χ4v) is 4.17. The molecule has 2 aromatic rings. The fraction of sp³-hybridized carbons (Fsp3) is 0.250. The molecule has 0 aliphatic carbocycles. The minimum absolute atomic E-state index is 0.0880. The van der Waals surface area contributed by atoms with E-state index < -0.39 is 10.0 Å². The van der Waals surface area contributed by atoms with Crippen molar-refractivity contribution in [1.29, 1.82) is 0 Å². The number of ether oxygens (including phenoxy) is 2. The highest BCUT2D eigenvalue weighted by Gasteiger charge is 2.18. The summed E-state index contributed by atoms with van der Waals surface area (Å²) in [6, 6.07) is 5.31. The van der Waals surface area contributed by atoms with Crippen molar-refractivity contribution >= 4 is 33.0 Å². The van der Waals surface area contributed by atoms with Crippen molar-refractivity contribution in [1.82, 2.24) is 9.71 Å². The Hall–Kier alpha value is -1.35. The number of nitrogens with one attached hydrogen (secondary N) is 1. The van der Waals surface area contributed by atoms with Crippen LogP contribution in [-0.2, 0) is 16.6 Å². The van der Waals surface area contributed by atoms with Gasteiger partial charge < -0.3 is 9.47 Å². The number of rotatable bonds is 4. The van der Waals surface area contributed by atoms with Crippen LogP contribution in [0.15, 0.2) is 28.6 Å². The van der Waals surface area contributed by atoms with Gasteiger partial charge in [-0.15, -0.1) is 0 Å². The van der Waals surface area contributed by atoms with Gasteiger partial charge >= 0.3 is 0 Å². The maximum absolute atomic E-state index is 12.1. The number of halogens is 1. The quantitative estimate of drug-likeness (QED) is 0.916. The maximum atomic E-state index is 12.1. The number of sulfonamides is 1. The van der Waals surface area contributed by atoms with Crippen LogP contribution in [0.4, 0.5) is 0 Å². The first kappa shape index (κ1) is 14.6. The van der Waals surface area contributed by atoms with Crippen LogP contribution in [0.5, 0.6) is 11.5 Å². The van der Waals surface area contributed by atoms with E-state index in [9.17, 15) is 8.42 Å². The number of nitrogens with zero attached hydrogens (tertiary/aromatic N) is 1. The average molecular weight is 347 g/mol. The van der Waals surface area contributed by atoms with Gasteiger partial charge in [0, 0.05) is 6.54 Å². The number of hydrogen-bond acceptors (Lipinski definition) is 6. The first-order valence-corrected chi connectivity index (χ1v) is 8.72. The van der Waals surface area contributed by atoms with Gasteiger partial charge in [-0.1, -0.05) is 29.0 Å². The van der Waals surface area contributed by atoms with Gasteiger partial charge in [-0.3, -0.25) is 0 Å². The minimum Gasteiger partial charge on any atom is -0.486 e. The summed E-state index contributed by atoms with van der Waals surface area (Å²) in [5.74, 6) is 1.29. The van der Waals surface area contributed by atoms with Crippen LogP contribution in [0, 0.1) is 0 Å². The first-order chi connectivity index (χ1) is 10.0. The standard InChI is InChI=1S/C12H11ClN2O4S2/c13-12-14-7-11(20-12)21(16,17)15-6-8-1-2-9-10(5-8)19-4-3-18-9/h1-2,5,7,15H,3-4,6H2. The molecule has 0 saturated carbocycles. The highest BCUT2D eigenvalue weighted by atomic mass is 35.5. The van der Waals surface area contributed by atoms with Crippen molar-refractivity contribution in [2.45, 2.75) is 10.8 Å². The first-order valence-electron chi connectivity index (χ1n) is 6.04. The van der Waals surface area contributed by atoms with Crippen molar-refractivity contribution in [3.05, 3.63) is 34.4 Å². The zero-order valence-corrected chi connectivity index (χ0v) is 13.1. The van der Waals surface area contributed by atoms with Crippen LogP contribution < -0.4 is 14.2 Å². The number of benzene rings is 1. The molecular formula is C12H11ClN2O4S2.